The third kappa shape index (κ3) is 5.91. The fraction of sp³-hybridized carbons (Fsp3) is 0.312. The highest BCUT2D eigenvalue weighted by molar-refractivity contribution is 5.87. The van der Waals surface area contributed by atoms with Gasteiger partial charge in [-0.25, -0.2) is 9.59 Å². The molecule has 1 aromatic carbocycles. The number of hydrogen-bond donors (Lipinski definition) is 1. The molecule has 0 bridgehead atoms. The summed E-state index contributed by atoms with van der Waals surface area (Å²) in [7, 11) is 2.56. The van der Waals surface area contributed by atoms with E-state index < -0.39 is 23.9 Å². The number of hydrogen-bond acceptors (Lipinski definition) is 6. The molecule has 0 saturated heterocycles. The summed E-state index contributed by atoms with van der Waals surface area (Å²) in [6.07, 6.45) is 3.05. The molecular formula is C16H20NO6+. The van der Waals surface area contributed by atoms with Gasteiger partial charge in [0.1, 0.15) is 5.75 Å². The SMILES string of the molecule is COC(=O)/C=C/c1cc(C[C@H]([NH3+])C(=O)OC)ccc1OC(C)=O. The lowest BCUT2D eigenvalue weighted by atomic mass is 10.0. The maximum Gasteiger partial charge on any atom is 0.364 e. The summed E-state index contributed by atoms with van der Waals surface area (Å²) in [5, 5.41) is 0. The Hall–Kier alpha value is -2.67. The first kappa shape index (κ1) is 18.4. The maximum atomic E-state index is 11.4. The maximum absolute atomic E-state index is 11.4. The van der Waals surface area contributed by atoms with E-state index >= 15 is 0 Å². The number of benzene rings is 1. The number of methoxy groups -OCH3 is 2. The number of quaternary nitrogens is 1. The zero-order valence-corrected chi connectivity index (χ0v) is 13.3. The predicted molar refractivity (Wildman–Crippen MR) is 81.2 cm³/mol. The van der Waals surface area contributed by atoms with Gasteiger partial charge in [-0.05, 0) is 23.8 Å². The van der Waals surface area contributed by atoms with E-state index in [1.165, 1.54) is 33.3 Å². The van der Waals surface area contributed by atoms with Crippen LogP contribution in [0.25, 0.3) is 6.08 Å². The quantitative estimate of drug-likeness (QED) is 0.453. The Morgan fingerprint density at radius 2 is 1.91 bits per heavy atom. The highest BCUT2D eigenvalue weighted by Gasteiger charge is 2.19. The van der Waals surface area contributed by atoms with Crippen molar-refractivity contribution in [3.63, 3.8) is 0 Å². The standard InChI is InChI=1S/C16H19NO6/c1-10(18)23-14-6-4-11(9-13(17)16(20)22-3)8-12(14)5-7-15(19)21-2/h4-8,13H,9,17H2,1-3H3/p+1/b7-5+/t13-/m0/s1. The molecule has 23 heavy (non-hydrogen) atoms. The second-order valence-electron chi connectivity index (χ2n) is 4.75. The number of esters is 3. The van der Waals surface area contributed by atoms with Crippen molar-refractivity contribution in [1.29, 1.82) is 0 Å². The molecule has 0 aliphatic carbocycles. The van der Waals surface area contributed by atoms with Crippen LogP contribution >= 0.6 is 0 Å². The lowest BCUT2D eigenvalue weighted by Gasteiger charge is -2.10. The highest BCUT2D eigenvalue weighted by Crippen LogP contribution is 2.23. The molecule has 3 N–H and O–H groups in total. The minimum atomic E-state index is -0.558. The Balaban J connectivity index is 3.07. The monoisotopic (exact) mass is 322 g/mol. The molecule has 0 spiro atoms. The fourth-order valence-electron chi connectivity index (χ4n) is 1.86. The van der Waals surface area contributed by atoms with Crippen molar-refractivity contribution in [2.24, 2.45) is 0 Å². The second-order valence-corrected chi connectivity index (χ2v) is 4.75. The van der Waals surface area contributed by atoms with Gasteiger partial charge in [-0.1, -0.05) is 6.07 Å². The Bertz CT molecular complexity index is 623. The molecule has 124 valence electrons. The molecule has 0 saturated carbocycles. The van der Waals surface area contributed by atoms with Crippen molar-refractivity contribution in [3.8, 4) is 5.75 Å². The van der Waals surface area contributed by atoms with Crippen molar-refractivity contribution >= 4 is 24.0 Å². The summed E-state index contributed by atoms with van der Waals surface area (Å²) in [5.41, 5.74) is 5.04. The summed E-state index contributed by atoms with van der Waals surface area (Å²) in [4.78, 5) is 33.8. The van der Waals surface area contributed by atoms with Crippen molar-refractivity contribution in [2.75, 3.05) is 14.2 Å². The van der Waals surface area contributed by atoms with E-state index in [1.807, 2.05) is 0 Å². The Morgan fingerprint density at radius 1 is 1.22 bits per heavy atom. The van der Waals surface area contributed by atoms with E-state index in [0.29, 0.717) is 17.7 Å². The average Bonchev–Trinajstić information content (AvgIpc) is 2.52. The molecule has 0 aliphatic heterocycles. The first-order chi connectivity index (χ1) is 10.9. The first-order valence-electron chi connectivity index (χ1n) is 6.85. The van der Waals surface area contributed by atoms with E-state index in [2.05, 4.69) is 15.2 Å². The minimum Gasteiger partial charge on any atom is -0.466 e. The summed E-state index contributed by atoms with van der Waals surface area (Å²) < 4.78 is 14.3. The molecule has 0 fully saturated rings. The van der Waals surface area contributed by atoms with Gasteiger partial charge >= 0.3 is 17.9 Å². The summed E-state index contributed by atoms with van der Waals surface area (Å²) in [5.74, 6) is -1.12. The summed E-state index contributed by atoms with van der Waals surface area (Å²) in [6.45, 7) is 1.28. The molecule has 1 aromatic rings. The van der Waals surface area contributed by atoms with Crippen LogP contribution in [0.5, 0.6) is 5.75 Å². The first-order valence-corrected chi connectivity index (χ1v) is 6.85. The van der Waals surface area contributed by atoms with Gasteiger partial charge < -0.3 is 19.9 Å². The number of rotatable bonds is 6. The smallest absolute Gasteiger partial charge is 0.364 e. The molecular weight excluding hydrogens is 302 g/mol. The Morgan fingerprint density at radius 3 is 2.48 bits per heavy atom. The van der Waals surface area contributed by atoms with Crippen LogP contribution in [0.15, 0.2) is 24.3 Å². The van der Waals surface area contributed by atoms with E-state index in [4.69, 9.17) is 4.74 Å². The van der Waals surface area contributed by atoms with Gasteiger partial charge in [0.2, 0.25) is 0 Å². The summed E-state index contributed by atoms with van der Waals surface area (Å²) >= 11 is 0. The molecule has 7 heteroatoms. The van der Waals surface area contributed by atoms with Crippen LogP contribution in [0.4, 0.5) is 0 Å². The Labute approximate surface area is 134 Å². The van der Waals surface area contributed by atoms with Gasteiger partial charge in [-0.15, -0.1) is 0 Å². The largest absolute Gasteiger partial charge is 0.466 e. The van der Waals surface area contributed by atoms with Crippen LogP contribution in [-0.4, -0.2) is 38.2 Å². The van der Waals surface area contributed by atoms with Crippen LogP contribution in [0.3, 0.4) is 0 Å². The molecule has 1 rings (SSSR count). The molecule has 1 atom stereocenters. The molecule has 0 aromatic heterocycles. The molecule has 0 aliphatic rings. The van der Waals surface area contributed by atoms with Crippen LogP contribution in [0.1, 0.15) is 18.1 Å². The van der Waals surface area contributed by atoms with Crippen LogP contribution in [0, 0.1) is 0 Å². The summed E-state index contributed by atoms with van der Waals surface area (Å²) in [6, 6.07) is 4.46. The van der Waals surface area contributed by atoms with Crippen molar-refractivity contribution < 1.29 is 34.3 Å². The van der Waals surface area contributed by atoms with Gasteiger partial charge in [0.05, 0.1) is 14.2 Å². The van der Waals surface area contributed by atoms with E-state index in [9.17, 15) is 14.4 Å². The van der Waals surface area contributed by atoms with E-state index in [1.54, 1.807) is 18.2 Å². The van der Waals surface area contributed by atoms with E-state index in [-0.39, 0.29) is 0 Å². The van der Waals surface area contributed by atoms with Crippen LogP contribution < -0.4 is 10.5 Å². The van der Waals surface area contributed by atoms with Crippen molar-refractivity contribution in [1.82, 2.24) is 0 Å². The van der Waals surface area contributed by atoms with E-state index in [0.717, 1.165) is 5.56 Å². The lowest BCUT2D eigenvalue weighted by molar-refractivity contribution is -0.407. The van der Waals surface area contributed by atoms with Gasteiger partial charge in [0, 0.05) is 25.0 Å². The van der Waals surface area contributed by atoms with Crippen molar-refractivity contribution in [2.45, 2.75) is 19.4 Å². The third-order valence-electron chi connectivity index (χ3n) is 2.94. The molecule has 7 nitrogen and oxygen atoms in total. The molecule has 0 amide bonds. The Kier molecular flexibility index (Phi) is 6.95. The number of carbonyl (C=O) groups excluding carboxylic acids is 3. The number of carbonyl (C=O) groups is 3. The van der Waals surface area contributed by atoms with Gasteiger partial charge in [-0.2, -0.15) is 0 Å². The minimum absolute atomic E-state index is 0.306. The van der Waals surface area contributed by atoms with Crippen LogP contribution in [-0.2, 0) is 30.3 Å². The van der Waals surface area contributed by atoms with Gasteiger partial charge in [0.15, 0.2) is 6.04 Å². The molecule has 0 unspecified atom stereocenters. The van der Waals surface area contributed by atoms with Gasteiger partial charge in [-0.3, -0.25) is 4.79 Å². The zero-order chi connectivity index (χ0) is 17.4. The normalized spacial score (nSPS) is 11.8. The third-order valence-corrected chi connectivity index (χ3v) is 2.94. The topological polar surface area (TPSA) is 107 Å². The highest BCUT2D eigenvalue weighted by atomic mass is 16.5. The predicted octanol–water partition coefficient (Wildman–Crippen LogP) is 0.124. The fourth-order valence-corrected chi connectivity index (χ4v) is 1.86. The second kappa shape index (κ2) is 8.70. The van der Waals surface area contributed by atoms with Crippen molar-refractivity contribution in [3.05, 3.63) is 35.4 Å². The zero-order valence-electron chi connectivity index (χ0n) is 13.3. The number of ether oxygens (including phenoxy) is 3. The molecule has 0 heterocycles. The van der Waals surface area contributed by atoms with Gasteiger partial charge in [0.25, 0.3) is 0 Å². The van der Waals surface area contributed by atoms with Crippen LogP contribution in [0.2, 0.25) is 0 Å². The lowest BCUT2D eigenvalue weighted by Crippen LogP contribution is -2.66. The average molecular weight is 322 g/mol. The molecule has 0 radical (unpaired) electrons.